The smallest absolute Gasteiger partial charge is 0.261 e. The van der Waals surface area contributed by atoms with E-state index in [2.05, 4.69) is 21.2 Å². The number of amides is 2. The zero-order valence-corrected chi connectivity index (χ0v) is 18.4. The van der Waals surface area contributed by atoms with Gasteiger partial charge in [0.15, 0.2) is 6.61 Å². The van der Waals surface area contributed by atoms with Gasteiger partial charge in [-0.25, -0.2) is 0 Å². The standard InChI is InChI=1S/C22H27BrN2O3/c1-5-20(22(27)24-4)25(13-17-9-7-6-8-15(17)2)21(26)14-28-18-10-11-19(23)16(3)12-18/h6-12,20H,5,13-14H2,1-4H3,(H,24,27)/t20-/m0/s1. The maximum atomic E-state index is 13.0. The van der Waals surface area contributed by atoms with Gasteiger partial charge in [0.1, 0.15) is 11.8 Å². The number of carbonyl (C=O) groups is 2. The molecule has 0 aromatic heterocycles. The van der Waals surface area contributed by atoms with Gasteiger partial charge in [0.25, 0.3) is 5.91 Å². The molecule has 0 fully saturated rings. The third-order valence-corrected chi connectivity index (χ3v) is 5.62. The highest BCUT2D eigenvalue weighted by Gasteiger charge is 2.28. The zero-order chi connectivity index (χ0) is 20.7. The van der Waals surface area contributed by atoms with Crippen LogP contribution in [-0.2, 0) is 16.1 Å². The van der Waals surface area contributed by atoms with Crippen molar-refractivity contribution in [3.8, 4) is 5.75 Å². The van der Waals surface area contributed by atoms with Gasteiger partial charge in [0.2, 0.25) is 5.91 Å². The second kappa shape index (κ2) is 10.3. The number of hydrogen-bond acceptors (Lipinski definition) is 3. The molecule has 2 aromatic rings. The fourth-order valence-electron chi connectivity index (χ4n) is 2.99. The Hall–Kier alpha value is -2.34. The summed E-state index contributed by atoms with van der Waals surface area (Å²) in [5.41, 5.74) is 3.12. The second-order valence-electron chi connectivity index (χ2n) is 6.69. The first-order valence-corrected chi connectivity index (χ1v) is 10.1. The van der Waals surface area contributed by atoms with Crippen LogP contribution in [0.1, 0.15) is 30.0 Å². The van der Waals surface area contributed by atoms with Crippen LogP contribution in [0.5, 0.6) is 5.75 Å². The molecule has 5 nitrogen and oxygen atoms in total. The summed E-state index contributed by atoms with van der Waals surface area (Å²) in [5.74, 6) is 0.223. The molecule has 2 amide bonds. The number of aryl methyl sites for hydroxylation is 2. The van der Waals surface area contributed by atoms with Gasteiger partial charge in [-0.1, -0.05) is 47.1 Å². The molecule has 0 radical (unpaired) electrons. The van der Waals surface area contributed by atoms with Gasteiger partial charge in [-0.3, -0.25) is 9.59 Å². The van der Waals surface area contributed by atoms with Crippen molar-refractivity contribution in [2.24, 2.45) is 0 Å². The Bertz CT molecular complexity index is 838. The van der Waals surface area contributed by atoms with Crippen LogP contribution in [0.3, 0.4) is 0 Å². The van der Waals surface area contributed by atoms with Crippen LogP contribution >= 0.6 is 15.9 Å². The molecular weight excluding hydrogens is 420 g/mol. The molecular formula is C22H27BrN2O3. The molecule has 1 atom stereocenters. The van der Waals surface area contributed by atoms with E-state index in [9.17, 15) is 9.59 Å². The Balaban J connectivity index is 2.21. The molecule has 0 spiro atoms. The van der Waals surface area contributed by atoms with Crippen molar-refractivity contribution in [3.05, 3.63) is 63.6 Å². The molecule has 0 unspecified atom stereocenters. The number of hydrogen-bond donors (Lipinski definition) is 1. The molecule has 2 aromatic carbocycles. The summed E-state index contributed by atoms with van der Waals surface area (Å²) in [6.45, 7) is 6.10. The van der Waals surface area contributed by atoms with E-state index in [-0.39, 0.29) is 18.4 Å². The van der Waals surface area contributed by atoms with Crippen LogP contribution in [0.4, 0.5) is 0 Å². The fraction of sp³-hybridized carbons (Fsp3) is 0.364. The van der Waals surface area contributed by atoms with Crippen molar-refractivity contribution < 1.29 is 14.3 Å². The summed E-state index contributed by atoms with van der Waals surface area (Å²) in [6, 6.07) is 12.9. The Morgan fingerprint density at radius 3 is 2.46 bits per heavy atom. The van der Waals surface area contributed by atoms with Gasteiger partial charge in [-0.15, -0.1) is 0 Å². The van der Waals surface area contributed by atoms with Gasteiger partial charge in [0, 0.05) is 18.1 Å². The second-order valence-corrected chi connectivity index (χ2v) is 7.54. The average molecular weight is 447 g/mol. The normalized spacial score (nSPS) is 11.6. The maximum Gasteiger partial charge on any atom is 0.261 e. The van der Waals surface area contributed by atoms with E-state index in [0.717, 1.165) is 21.2 Å². The highest BCUT2D eigenvalue weighted by atomic mass is 79.9. The molecule has 1 N–H and O–H groups in total. The van der Waals surface area contributed by atoms with Crippen LogP contribution in [0, 0.1) is 13.8 Å². The highest BCUT2D eigenvalue weighted by Crippen LogP contribution is 2.22. The molecule has 6 heteroatoms. The van der Waals surface area contributed by atoms with Crippen molar-refractivity contribution in [2.75, 3.05) is 13.7 Å². The van der Waals surface area contributed by atoms with Crippen LogP contribution < -0.4 is 10.1 Å². The summed E-state index contributed by atoms with van der Waals surface area (Å²) in [7, 11) is 1.59. The number of halogens is 1. The van der Waals surface area contributed by atoms with Crippen molar-refractivity contribution in [2.45, 2.75) is 39.8 Å². The highest BCUT2D eigenvalue weighted by molar-refractivity contribution is 9.10. The lowest BCUT2D eigenvalue weighted by Crippen LogP contribution is -2.49. The monoisotopic (exact) mass is 446 g/mol. The minimum atomic E-state index is -0.549. The number of ether oxygens (including phenoxy) is 1. The molecule has 0 heterocycles. The molecule has 0 aliphatic carbocycles. The summed E-state index contributed by atoms with van der Waals surface area (Å²) >= 11 is 3.45. The zero-order valence-electron chi connectivity index (χ0n) is 16.8. The minimum absolute atomic E-state index is 0.125. The molecule has 0 bridgehead atoms. The summed E-state index contributed by atoms with van der Waals surface area (Å²) < 4.78 is 6.70. The molecule has 0 aliphatic heterocycles. The Morgan fingerprint density at radius 1 is 1.14 bits per heavy atom. The van der Waals surface area contributed by atoms with E-state index in [4.69, 9.17) is 4.74 Å². The van der Waals surface area contributed by atoms with E-state index in [1.165, 1.54) is 0 Å². The van der Waals surface area contributed by atoms with Crippen molar-refractivity contribution in [3.63, 3.8) is 0 Å². The van der Waals surface area contributed by atoms with E-state index in [1.54, 1.807) is 11.9 Å². The first-order valence-electron chi connectivity index (χ1n) is 9.31. The lowest BCUT2D eigenvalue weighted by Gasteiger charge is -2.30. The van der Waals surface area contributed by atoms with Crippen LogP contribution in [-0.4, -0.2) is 36.4 Å². The average Bonchev–Trinajstić information content (AvgIpc) is 2.69. The van der Waals surface area contributed by atoms with Gasteiger partial charge in [-0.2, -0.15) is 0 Å². The van der Waals surface area contributed by atoms with Crippen LogP contribution in [0.15, 0.2) is 46.9 Å². The third kappa shape index (κ3) is 5.58. The predicted octanol–water partition coefficient (Wildman–Crippen LogP) is 4.00. The van der Waals surface area contributed by atoms with Crippen molar-refractivity contribution >= 4 is 27.7 Å². The third-order valence-electron chi connectivity index (χ3n) is 4.73. The first kappa shape index (κ1) is 22.0. The number of nitrogens with one attached hydrogen (secondary N) is 1. The summed E-state index contributed by atoms with van der Waals surface area (Å²) in [5, 5.41) is 2.66. The molecule has 150 valence electrons. The van der Waals surface area contributed by atoms with E-state index in [1.807, 2.05) is 63.2 Å². The SMILES string of the molecule is CC[C@@H](C(=O)NC)N(Cc1ccccc1C)C(=O)COc1ccc(Br)c(C)c1. The molecule has 0 aliphatic rings. The quantitative estimate of drug-likeness (QED) is 0.666. The number of nitrogens with zero attached hydrogens (tertiary/aromatic N) is 1. The predicted molar refractivity (Wildman–Crippen MR) is 114 cm³/mol. The Kier molecular flexibility index (Phi) is 8.05. The van der Waals surface area contributed by atoms with Crippen LogP contribution in [0.2, 0.25) is 0 Å². The molecule has 2 rings (SSSR count). The number of benzene rings is 2. The van der Waals surface area contributed by atoms with Crippen molar-refractivity contribution in [1.29, 1.82) is 0 Å². The van der Waals surface area contributed by atoms with Gasteiger partial charge >= 0.3 is 0 Å². The minimum Gasteiger partial charge on any atom is -0.484 e. The first-order chi connectivity index (χ1) is 13.4. The Labute approximate surface area is 175 Å². The topological polar surface area (TPSA) is 58.6 Å². The van der Waals surface area contributed by atoms with Crippen molar-refractivity contribution in [1.82, 2.24) is 10.2 Å². The van der Waals surface area contributed by atoms with E-state index in [0.29, 0.717) is 18.7 Å². The van der Waals surface area contributed by atoms with E-state index < -0.39 is 6.04 Å². The van der Waals surface area contributed by atoms with Gasteiger partial charge < -0.3 is 15.0 Å². The molecule has 28 heavy (non-hydrogen) atoms. The maximum absolute atomic E-state index is 13.0. The van der Waals surface area contributed by atoms with E-state index >= 15 is 0 Å². The summed E-state index contributed by atoms with van der Waals surface area (Å²) in [6.07, 6.45) is 0.523. The number of likely N-dealkylation sites (N-methyl/N-ethyl adjacent to an activating group) is 1. The van der Waals surface area contributed by atoms with Gasteiger partial charge in [0.05, 0.1) is 0 Å². The van der Waals surface area contributed by atoms with Gasteiger partial charge in [-0.05, 0) is 55.2 Å². The Morgan fingerprint density at radius 2 is 1.86 bits per heavy atom. The lowest BCUT2D eigenvalue weighted by molar-refractivity contribution is -0.142. The van der Waals surface area contributed by atoms with Crippen LogP contribution in [0.25, 0.3) is 0 Å². The number of rotatable bonds is 8. The fourth-order valence-corrected chi connectivity index (χ4v) is 3.24. The largest absolute Gasteiger partial charge is 0.484 e. The molecule has 0 saturated carbocycles. The molecule has 0 saturated heterocycles. The number of carbonyl (C=O) groups excluding carboxylic acids is 2. The summed E-state index contributed by atoms with van der Waals surface area (Å²) in [4.78, 5) is 27.0. The lowest BCUT2D eigenvalue weighted by atomic mass is 10.1.